The number of unbranched alkanes of at least 4 members (excludes halogenated alkanes) is 9. The van der Waals surface area contributed by atoms with Crippen molar-refractivity contribution in [2.24, 2.45) is 0 Å². The number of hydrogen-bond acceptors (Lipinski definition) is 2. The number of esters is 1. The van der Waals surface area contributed by atoms with Gasteiger partial charge in [0.25, 0.3) is 0 Å². The predicted molar refractivity (Wildman–Crippen MR) is 120 cm³/mol. The van der Waals surface area contributed by atoms with E-state index in [9.17, 15) is 4.79 Å². The molecule has 0 aromatic rings. The van der Waals surface area contributed by atoms with Gasteiger partial charge < -0.3 is 17.1 Å². The minimum absolute atomic E-state index is 0. The van der Waals surface area contributed by atoms with E-state index in [-0.39, 0.29) is 18.4 Å². The van der Waals surface area contributed by atoms with Crippen molar-refractivity contribution in [3.63, 3.8) is 0 Å². The normalized spacial score (nSPS) is 11.1. The Labute approximate surface area is 177 Å². The van der Waals surface area contributed by atoms with Crippen LogP contribution in [0.25, 0.3) is 0 Å². The molecular weight excluding hydrogens is 375 g/mol. The van der Waals surface area contributed by atoms with Crippen molar-refractivity contribution < 1.29 is 21.9 Å². The third kappa shape index (κ3) is 16.6. The van der Waals surface area contributed by atoms with E-state index < -0.39 is 7.26 Å². The molecule has 162 valence electrons. The average molecular weight is 421 g/mol. The fourth-order valence-corrected chi connectivity index (χ4v) is 8.20. The van der Waals surface area contributed by atoms with Crippen LogP contribution in [-0.4, -0.2) is 37.2 Å². The molecule has 0 spiro atoms. The molecule has 27 heavy (non-hydrogen) atoms. The topological polar surface area (TPSA) is 26.3 Å². The van der Waals surface area contributed by atoms with Crippen molar-refractivity contribution in [2.45, 2.75) is 97.8 Å². The van der Waals surface area contributed by atoms with E-state index in [1.54, 1.807) is 0 Å². The highest BCUT2D eigenvalue weighted by Crippen LogP contribution is 2.60. The summed E-state index contributed by atoms with van der Waals surface area (Å²) in [5.74, 6) is -0.258. The maximum Gasteiger partial charge on any atom is 0.330 e. The standard InChI is InChI=1S/C23H46O2P.ClH/c1-5-9-12-15-19-26(20-16-13-10-6-2,21-17-14-11-7-3)22-18-25-23(24)8-4;/h8H,4-7,9-22H2,1-3H3;1H/q+1;/p-1. The first kappa shape index (κ1) is 29.1. The van der Waals surface area contributed by atoms with Crippen molar-refractivity contribution in [3.05, 3.63) is 12.7 Å². The van der Waals surface area contributed by atoms with Gasteiger partial charge in [-0.1, -0.05) is 65.9 Å². The summed E-state index contributed by atoms with van der Waals surface area (Å²) < 4.78 is 5.40. The number of hydrogen-bond donors (Lipinski definition) is 0. The van der Waals surface area contributed by atoms with Gasteiger partial charge in [-0.05, 0) is 38.5 Å². The van der Waals surface area contributed by atoms with E-state index >= 15 is 0 Å². The van der Waals surface area contributed by atoms with Crippen LogP contribution in [0.5, 0.6) is 0 Å². The van der Waals surface area contributed by atoms with Crippen LogP contribution in [0.3, 0.4) is 0 Å². The molecule has 0 aromatic heterocycles. The van der Waals surface area contributed by atoms with Crippen molar-refractivity contribution in [1.82, 2.24) is 0 Å². The Morgan fingerprint density at radius 1 is 0.741 bits per heavy atom. The van der Waals surface area contributed by atoms with Crippen LogP contribution < -0.4 is 12.4 Å². The smallest absolute Gasteiger partial charge is 0.330 e. The molecule has 0 aliphatic carbocycles. The van der Waals surface area contributed by atoms with Crippen LogP contribution in [0.15, 0.2) is 12.7 Å². The van der Waals surface area contributed by atoms with E-state index in [0.29, 0.717) is 6.61 Å². The zero-order valence-electron chi connectivity index (χ0n) is 18.4. The molecular formula is C23H46ClO2P. The summed E-state index contributed by atoms with van der Waals surface area (Å²) in [6.07, 6.45) is 22.9. The molecule has 0 bridgehead atoms. The fourth-order valence-electron chi connectivity index (χ4n) is 3.69. The molecule has 0 radical (unpaired) electrons. The van der Waals surface area contributed by atoms with Gasteiger partial charge in [0.2, 0.25) is 0 Å². The molecule has 0 N–H and O–H groups in total. The van der Waals surface area contributed by atoms with Crippen LogP contribution in [-0.2, 0) is 9.53 Å². The molecule has 0 aromatic carbocycles. The van der Waals surface area contributed by atoms with Crippen molar-refractivity contribution in [2.75, 3.05) is 31.3 Å². The monoisotopic (exact) mass is 420 g/mol. The summed E-state index contributed by atoms with van der Waals surface area (Å²) in [4.78, 5) is 11.5. The summed E-state index contributed by atoms with van der Waals surface area (Å²) in [7, 11) is -0.995. The van der Waals surface area contributed by atoms with Gasteiger partial charge in [0.05, 0.1) is 24.6 Å². The van der Waals surface area contributed by atoms with Crippen LogP contribution >= 0.6 is 7.26 Å². The zero-order valence-corrected chi connectivity index (χ0v) is 20.1. The lowest BCUT2D eigenvalue weighted by Gasteiger charge is -2.28. The molecule has 0 amide bonds. The Morgan fingerprint density at radius 3 is 1.48 bits per heavy atom. The zero-order chi connectivity index (χ0) is 19.5. The lowest BCUT2D eigenvalue weighted by atomic mass is 10.2. The second-order valence-electron chi connectivity index (χ2n) is 7.79. The Morgan fingerprint density at radius 2 is 1.15 bits per heavy atom. The first-order chi connectivity index (χ1) is 12.6. The predicted octanol–water partition coefficient (Wildman–Crippen LogP) is 4.48. The van der Waals surface area contributed by atoms with Crippen LogP contribution in [0.2, 0.25) is 0 Å². The minimum Gasteiger partial charge on any atom is -1.00 e. The molecule has 0 aliphatic rings. The Hall–Kier alpha value is -0.0700. The third-order valence-electron chi connectivity index (χ3n) is 5.43. The molecule has 0 fully saturated rings. The number of halogens is 1. The number of carbonyl (C=O) groups is 1. The van der Waals surface area contributed by atoms with Crippen molar-refractivity contribution in [3.8, 4) is 0 Å². The molecule has 2 nitrogen and oxygen atoms in total. The summed E-state index contributed by atoms with van der Waals surface area (Å²) in [6.45, 7) is 11.0. The summed E-state index contributed by atoms with van der Waals surface area (Å²) in [5.41, 5.74) is 0. The molecule has 0 atom stereocenters. The highest BCUT2D eigenvalue weighted by atomic mass is 35.5. The van der Waals surface area contributed by atoms with Crippen molar-refractivity contribution in [1.29, 1.82) is 0 Å². The highest BCUT2D eigenvalue weighted by molar-refractivity contribution is 7.75. The minimum atomic E-state index is -0.995. The van der Waals surface area contributed by atoms with Gasteiger partial charge in [-0.25, -0.2) is 4.79 Å². The van der Waals surface area contributed by atoms with Crippen molar-refractivity contribution >= 4 is 13.2 Å². The second-order valence-corrected chi connectivity index (χ2v) is 12.3. The Kier molecular flexibility index (Phi) is 22.3. The van der Waals surface area contributed by atoms with Gasteiger partial charge in [0.1, 0.15) is 6.61 Å². The quantitative estimate of drug-likeness (QED) is 0.133. The van der Waals surface area contributed by atoms with E-state index in [0.717, 1.165) is 6.16 Å². The molecule has 4 heteroatoms. The van der Waals surface area contributed by atoms with E-state index in [2.05, 4.69) is 27.4 Å². The summed E-state index contributed by atoms with van der Waals surface area (Å²) >= 11 is 0. The first-order valence-corrected chi connectivity index (χ1v) is 13.8. The van der Waals surface area contributed by atoms with E-state index in [4.69, 9.17) is 4.74 Å². The largest absolute Gasteiger partial charge is 1.00 e. The molecule has 0 saturated carbocycles. The van der Waals surface area contributed by atoms with Crippen LogP contribution in [0, 0.1) is 0 Å². The maximum absolute atomic E-state index is 11.5. The number of rotatable bonds is 19. The van der Waals surface area contributed by atoms with E-state index in [1.807, 2.05) is 0 Å². The van der Waals surface area contributed by atoms with Gasteiger partial charge in [0, 0.05) is 13.3 Å². The fraction of sp³-hybridized carbons (Fsp3) is 0.870. The van der Waals surface area contributed by atoms with Gasteiger partial charge in [0.15, 0.2) is 0 Å². The lowest BCUT2D eigenvalue weighted by molar-refractivity contribution is -0.137. The van der Waals surface area contributed by atoms with Crippen LogP contribution in [0.1, 0.15) is 97.8 Å². The molecule has 0 rings (SSSR count). The van der Waals surface area contributed by atoms with Gasteiger partial charge in [-0.3, -0.25) is 0 Å². The van der Waals surface area contributed by atoms with Gasteiger partial charge in [-0.15, -0.1) is 0 Å². The number of ether oxygens (including phenoxy) is 1. The van der Waals surface area contributed by atoms with Gasteiger partial charge in [-0.2, -0.15) is 0 Å². The SMILES string of the molecule is C=CC(=O)OCC[P+](CCCCCC)(CCCCCC)CCCCCC.[Cl-]. The summed E-state index contributed by atoms with van der Waals surface area (Å²) in [6, 6.07) is 0. The van der Waals surface area contributed by atoms with Crippen LogP contribution in [0.4, 0.5) is 0 Å². The van der Waals surface area contributed by atoms with Gasteiger partial charge >= 0.3 is 5.97 Å². The first-order valence-electron chi connectivity index (χ1n) is 11.3. The molecule has 0 saturated heterocycles. The Balaban J connectivity index is 0. The Bertz CT molecular complexity index is 316. The molecule has 0 heterocycles. The second kappa shape index (κ2) is 20.7. The lowest BCUT2D eigenvalue weighted by Crippen LogP contribution is -3.00. The molecule has 0 aliphatic heterocycles. The average Bonchev–Trinajstić information content (AvgIpc) is 2.65. The highest BCUT2D eigenvalue weighted by Gasteiger charge is 2.35. The molecule has 0 unspecified atom stereocenters. The maximum atomic E-state index is 11.5. The van der Waals surface area contributed by atoms with E-state index in [1.165, 1.54) is 102 Å². The third-order valence-corrected chi connectivity index (χ3v) is 10.4. The summed E-state index contributed by atoms with van der Waals surface area (Å²) in [5, 5.41) is 0. The number of carbonyl (C=O) groups excluding carboxylic acids is 1.